The Hall–Kier alpha value is -2.79. The number of nitrogens with zero attached hydrogens (tertiary/aromatic N) is 1. The summed E-state index contributed by atoms with van der Waals surface area (Å²) in [6.07, 6.45) is 2.56. The Bertz CT molecular complexity index is 859. The summed E-state index contributed by atoms with van der Waals surface area (Å²) in [5, 5.41) is 0.583. The molecule has 2 aromatic carbocycles. The van der Waals surface area contributed by atoms with Gasteiger partial charge in [-0.15, -0.1) is 0 Å². The van der Waals surface area contributed by atoms with Crippen LogP contribution in [-0.4, -0.2) is 43.4 Å². The van der Waals surface area contributed by atoms with Gasteiger partial charge in [0, 0.05) is 24.7 Å². The molecule has 0 bridgehead atoms. The number of hydrogen-bond acceptors (Lipinski definition) is 4. The molecule has 0 fully saturated rings. The van der Waals surface area contributed by atoms with Crippen molar-refractivity contribution in [2.45, 2.75) is 20.0 Å². The normalized spacial score (nSPS) is 11.9. The van der Waals surface area contributed by atoms with E-state index < -0.39 is 6.10 Å². The Morgan fingerprint density at radius 1 is 1.11 bits per heavy atom. The predicted octanol–water partition coefficient (Wildman–Crippen LogP) is 4.49. The maximum absolute atomic E-state index is 12.3. The molecule has 0 aromatic heterocycles. The molecule has 0 saturated carbocycles. The standard InChI is InChI=1S/C22H24ClNO4/c1-5-27-21-14-16(6-12-19(25)17-8-10-18(23)11-9-17)7-13-20(21)28-15(2)22(26)24(3)4/h6-15H,5H2,1-4H3/b12-6+. The molecule has 1 atom stereocenters. The second-order valence-electron chi connectivity index (χ2n) is 6.34. The largest absolute Gasteiger partial charge is 0.490 e. The predicted molar refractivity (Wildman–Crippen MR) is 111 cm³/mol. The van der Waals surface area contributed by atoms with Crippen molar-refractivity contribution >= 4 is 29.4 Å². The quantitative estimate of drug-likeness (QED) is 0.483. The van der Waals surface area contributed by atoms with Gasteiger partial charge in [-0.25, -0.2) is 0 Å². The summed E-state index contributed by atoms with van der Waals surface area (Å²) in [6.45, 7) is 4.00. The Labute approximate surface area is 170 Å². The van der Waals surface area contributed by atoms with Gasteiger partial charge in [0.25, 0.3) is 5.91 Å². The van der Waals surface area contributed by atoms with Crippen LogP contribution in [0, 0.1) is 0 Å². The summed E-state index contributed by atoms with van der Waals surface area (Å²) in [5.74, 6) is 0.730. The van der Waals surface area contributed by atoms with E-state index >= 15 is 0 Å². The van der Waals surface area contributed by atoms with Crippen LogP contribution in [0.3, 0.4) is 0 Å². The summed E-state index contributed by atoms with van der Waals surface area (Å²) in [6, 6.07) is 12.0. The van der Waals surface area contributed by atoms with Gasteiger partial charge in [0.2, 0.25) is 0 Å². The van der Waals surface area contributed by atoms with Gasteiger partial charge < -0.3 is 14.4 Å². The monoisotopic (exact) mass is 401 g/mol. The van der Waals surface area contributed by atoms with Crippen LogP contribution in [0.2, 0.25) is 5.02 Å². The van der Waals surface area contributed by atoms with Crippen LogP contribution in [0.5, 0.6) is 11.5 Å². The molecule has 0 heterocycles. The zero-order valence-electron chi connectivity index (χ0n) is 16.4. The van der Waals surface area contributed by atoms with Crippen LogP contribution < -0.4 is 9.47 Å². The summed E-state index contributed by atoms with van der Waals surface area (Å²) in [7, 11) is 3.36. The second kappa shape index (κ2) is 9.95. The van der Waals surface area contributed by atoms with Gasteiger partial charge in [0.05, 0.1) is 6.61 Å². The summed E-state index contributed by atoms with van der Waals surface area (Å²) in [4.78, 5) is 25.8. The number of amides is 1. The number of ether oxygens (including phenoxy) is 2. The van der Waals surface area contributed by atoms with Gasteiger partial charge in [-0.05, 0) is 61.9 Å². The number of carbonyl (C=O) groups is 2. The lowest BCUT2D eigenvalue weighted by Gasteiger charge is -2.20. The van der Waals surface area contributed by atoms with E-state index in [0.717, 1.165) is 5.56 Å². The van der Waals surface area contributed by atoms with Crippen LogP contribution in [0.15, 0.2) is 48.5 Å². The first kappa shape index (κ1) is 21.5. The number of benzene rings is 2. The minimum atomic E-state index is -0.637. The van der Waals surface area contributed by atoms with Crippen molar-refractivity contribution < 1.29 is 19.1 Å². The highest BCUT2D eigenvalue weighted by Crippen LogP contribution is 2.30. The molecule has 0 aliphatic heterocycles. The molecule has 0 radical (unpaired) electrons. The summed E-state index contributed by atoms with van der Waals surface area (Å²) in [5.41, 5.74) is 1.34. The van der Waals surface area contributed by atoms with Crippen molar-refractivity contribution in [1.29, 1.82) is 0 Å². The highest BCUT2D eigenvalue weighted by molar-refractivity contribution is 6.30. The zero-order valence-corrected chi connectivity index (χ0v) is 17.2. The number of allylic oxidation sites excluding steroid dienone is 1. The molecule has 0 aliphatic rings. The van der Waals surface area contributed by atoms with Crippen molar-refractivity contribution in [3.8, 4) is 11.5 Å². The molecule has 148 valence electrons. The average Bonchev–Trinajstić information content (AvgIpc) is 2.67. The van der Waals surface area contributed by atoms with Crippen molar-refractivity contribution in [2.75, 3.05) is 20.7 Å². The Morgan fingerprint density at radius 2 is 1.79 bits per heavy atom. The van der Waals surface area contributed by atoms with Gasteiger partial charge in [0.1, 0.15) is 0 Å². The molecule has 28 heavy (non-hydrogen) atoms. The van der Waals surface area contributed by atoms with Crippen molar-refractivity contribution in [3.63, 3.8) is 0 Å². The molecule has 6 heteroatoms. The van der Waals surface area contributed by atoms with E-state index in [1.165, 1.54) is 11.0 Å². The third kappa shape index (κ3) is 5.86. The average molecular weight is 402 g/mol. The number of ketones is 1. The highest BCUT2D eigenvalue weighted by atomic mass is 35.5. The fourth-order valence-electron chi connectivity index (χ4n) is 2.48. The lowest BCUT2D eigenvalue weighted by Crippen LogP contribution is -2.35. The minimum absolute atomic E-state index is 0.125. The number of halogens is 1. The first-order valence-corrected chi connectivity index (χ1v) is 9.32. The van der Waals surface area contributed by atoms with E-state index in [-0.39, 0.29) is 11.7 Å². The Morgan fingerprint density at radius 3 is 2.39 bits per heavy atom. The number of hydrogen-bond donors (Lipinski definition) is 0. The van der Waals surface area contributed by atoms with Gasteiger partial charge in [0.15, 0.2) is 23.4 Å². The third-order valence-corrected chi connectivity index (χ3v) is 4.17. The smallest absolute Gasteiger partial charge is 0.262 e. The first-order chi connectivity index (χ1) is 13.3. The van der Waals surface area contributed by atoms with Crippen LogP contribution in [-0.2, 0) is 4.79 Å². The molecule has 0 N–H and O–H groups in total. The summed E-state index contributed by atoms with van der Waals surface area (Å²) < 4.78 is 11.4. The molecular weight excluding hydrogens is 378 g/mol. The highest BCUT2D eigenvalue weighted by Gasteiger charge is 2.18. The van der Waals surface area contributed by atoms with Gasteiger partial charge >= 0.3 is 0 Å². The lowest BCUT2D eigenvalue weighted by atomic mass is 10.1. The molecule has 2 aromatic rings. The second-order valence-corrected chi connectivity index (χ2v) is 6.77. The molecule has 0 aliphatic carbocycles. The zero-order chi connectivity index (χ0) is 20.7. The fourth-order valence-corrected chi connectivity index (χ4v) is 2.61. The Balaban J connectivity index is 2.17. The van der Waals surface area contributed by atoms with Crippen LogP contribution in [0.1, 0.15) is 29.8 Å². The van der Waals surface area contributed by atoms with Gasteiger partial charge in [-0.1, -0.05) is 23.7 Å². The van der Waals surface area contributed by atoms with Crippen molar-refractivity contribution in [1.82, 2.24) is 4.90 Å². The van der Waals surface area contributed by atoms with Crippen molar-refractivity contribution in [3.05, 3.63) is 64.7 Å². The van der Waals surface area contributed by atoms with Crippen molar-refractivity contribution in [2.24, 2.45) is 0 Å². The topological polar surface area (TPSA) is 55.8 Å². The number of carbonyl (C=O) groups excluding carboxylic acids is 2. The number of rotatable bonds is 8. The van der Waals surface area contributed by atoms with E-state index in [4.69, 9.17) is 21.1 Å². The van der Waals surface area contributed by atoms with Crippen LogP contribution >= 0.6 is 11.6 Å². The van der Waals surface area contributed by atoms with E-state index in [2.05, 4.69) is 0 Å². The van der Waals surface area contributed by atoms with E-state index in [9.17, 15) is 9.59 Å². The van der Waals surface area contributed by atoms with E-state index in [1.54, 1.807) is 69.6 Å². The van der Waals surface area contributed by atoms with Crippen LogP contribution in [0.4, 0.5) is 0 Å². The molecular formula is C22H24ClNO4. The molecule has 2 rings (SSSR count). The van der Waals surface area contributed by atoms with E-state index in [1.807, 2.05) is 6.92 Å². The van der Waals surface area contributed by atoms with Gasteiger partial charge in [-0.3, -0.25) is 9.59 Å². The maximum atomic E-state index is 12.3. The molecule has 1 unspecified atom stereocenters. The SMILES string of the molecule is CCOc1cc(/C=C/C(=O)c2ccc(Cl)cc2)ccc1OC(C)C(=O)N(C)C. The van der Waals surface area contributed by atoms with Gasteiger partial charge in [-0.2, -0.15) is 0 Å². The summed E-state index contributed by atoms with van der Waals surface area (Å²) >= 11 is 5.85. The molecule has 0 saturated heterocycles. The first-order valence-electron chi connectivity index (χ1n) is 8.94. The lowest BCUT2D eigenvalue weighted by molar-refractivity contribution is -0.135. The minimum Gasteiger partial charge on any atom is -0.490 e. The molecule has 1 amide bonds. The maximum Gasteiger partial charge on any atom is 0.262 e. The van der Waals surface area contributed by atoms with E-state index in [0.29, 0.717) is 28.7 Å². The fraction of sp³-hybridized carbons (Fsp3) is 0.273. The number of likely N-dealkylation sites (N-methyl/N-ethyl adjacent to an activating group) is 1. The Kier molecular flexibility index (Phi) is 7.64. The molecule has 0 spiro atoms. The molecule has 5 nitrogen and oxygen atoms in total. The third-order valence-electron chi connectivity index (χ3n) is 3.92. The van der Waals surface area contributed by atoms with Crippen LogP contribution in [0.25, 0.3) is 6.08 Å².